The summed E-state index contributed by atoms with van der Waals surface area (Å²) in [7, 11) is 0. The van der Waals surface area contributed by atoms with E-state index in [0.717, 1.165) is 11.6 Å². The van der Waals surface area contributed by atoms with Crippen LogP contribution in [0.2, 0.25) is 0 Å². The predicted molar refractivity (Wildman–Crippen MR) is 78.2 cm³/mol. The number of nitrogens with zero attached hydrogens (tertiary/aromatic N) is 4. The minimum atomic E-state index is -0.786. The van der Waals surface area contributed by atoms with Crippen molar-refractivity contribution in [3.05, 3.63) is 35.7 Å². The molecule has 1 aliphatic rings. The molecule has 110 valence electrons. The van der Waals surface area contributed by atoms with Gasteiger partial charge in [-0.3, -0.25) is 4.79 Å². The Morgan fingerprint density at radius 1 is 1.52 bits per heavy atom. The summed E-state index contributed by atoms with van der Waals surface area (Å²) in [6, 6.07) is 8.28. The maximum Gasteiger partial charge on any atom is 0.306 e. The SMILES string of the molecule is CC(CCn1nnnc1C1CSc2ccccc21)C(=O)O. The van der Waals surface area contributed by atoms with Gasteiger partial charge in [0, 0.05) is 17.2 Å². The third-order valence-electron chi connectivity index (χ3n) is 3.77. The zero-order valence-corrected chi connectivity index (χ0v) is 12.5. The molecule has 0 bridgehead atoms. The highest BCUT2D eigenvalue weighted by Crippen LogP contribution is 2.41. The van der Waals surface area contributed by atoms with Crippen LogP contribution in [-0.2, 0) is 11.3 Å². The van der Waals surface area contributed by atoms with Crippen LogP contribution in [0.15, 0.2) is 29.2 Å². The maximum absolute atomic E-state index is 10.9. The van der Waals surface area contributed by atoms with Crippen LogP contribution in [0.25, 0.3) is 0 Å². The van der Waals surface area contributed by atoms with Gasteiger partial charge in [0.1, 0.15) is 0 Å². The first-order chi connectivity index (χ1) is 10.2. The molecule has 1 aromatic heterocycles. The highest BCUT2D eigenvalue weighted by atomic mass is 32.2. The Bertz CT molecular complexity index is 658. The molecule has 2 atom stereocenters. The Balaban J connectivity index is 1.79. The molecular weight excluding hydrogens is 288 g/mol. The molecule has 0 fully saturated rings. The zero-order chi connectivity index (χ0) is 14.8. The van der Waals surface area contributed by atoms with E-state index in [1.807, 2.05) is 23.9 Å². The fourth-order valence-corrected chi connectivity index (χ4v) is 3.66. The highest BCUT2D eigenvalue weighted by Gasteiger charge is 2.29. The minimum absolute atomic E-state index is 0.182. The van der Waals surface area contributed by atoms with Crippen molar-refractivity contribution < 1.29 is 9.90 Å². The number of hydrogen-bond donors (Lipinski definition) is 1. The standard InChI is InChI=1S/C14H16N4O2S/c1-9(14(19)20)6-7-18-13(15-16-17-18)11-8-21-12-5-3-2-4-10(11)12/h2-5,9,11H,6-8H2,1H3,(H,19,20). The van der Waals surface area contributed by atoms with Gasteiger partial charge in [-0.05, 0) is 28.5 Å². The number of aryl methyl sites for hydroxylation is 1. The summed E-state index contributed by atoms with van der Waals surface area (Å²) in [4.78, 5) is 12.2. The number of carboxylic acids is 1. The topological polar surface area (TPSA) is 80.9 Å². The van der Waals surface area contributed by atoms with E-state index in [-0.39, 0.29) is 5.92 Å². The van der Waals surface area contributed by atoms with Gasteiger partial charge in [0.2, 0.25) is 0 Å². The monoisotopic (exact) mass is 304 g/mol. The zero-order valence-electron chi connectivity index (χ0n) is 11.6. The number of hydrogen-bond acceptors (Lipinski definition) is 5. The van der Waals surface area contributed by atoms with Crippen LogP contribution < -0.4 is 0 Å². The summed E-state index contributed by atoms with van der Waals surface area (Å²) in [6.07, 6.45) is 0.523. The Kier molecular flexibility index (Phi) is 3.92. The molecular formula is C14H16N4O2S. The molecule has 0 saturated heterocycles. The molecule has 0 saturated carbocycles. The first kappa shape index (κ1) is 14.1. The molecule has 7 heteroatoms. The molecule has 1 aromatic carbocycles. The first-order valence-corrected chi connectivity index (χ1v) is 7.86. The van der Waals surface area contributed by atoms with E-state index in [4.69, 9.17) is 5.11 Å². The molecule has 2 unspecified atom stereocenters. The summed E-state index contributed by atoms with van der Waals surface area (Å²) in [5.41, 5.74) is 1.25. The molecule has 0 amide bonds. The van der Waals surface area contributed by atoms with Crippen molar-refractivity contribution in [2.75, 3.05) is 5.75 Å². The molecule has 21 heavy (non-hydrogen) atoms. The smallest absolute Gasteiger partial charge is 0.306 e. The van der Waals surface area contributed by atoms with E-state index < -0.39 is 11.9 Å². The second-order valence-corrected chi connectivity index (χ2v) is 6.25. The average Bonchev–Trinajstić information content (AvgIpc) is 3.10. The minimum Gasteiger partial charge on any atom is -0.481 e. The molecule has 2 aromatic rings. The van der Waals surface area contributed by atoms with Crippen molar-refractivity contribution in [2.24, 2.45) is 5.92 Å². The van der Waals surface area contributed by atoms with E-state index >= 15 is 0 Å². The van der Waals surface area contributed by atoms with Crippen molar-refractivity contribution in [1.29, 1.82) is 0 Å². The molecule has 1 N–H and O–H groups in total. The second-order valence-electron chi connectivity index (χ2n) is 5.19. The normalized spacial score (nSPS) is 18.4. The lowest BCUT2D eigenvalue weighted by atomic mass is 10.0. The van der Waals surface area contributed by atoms with Crippen LogP contribution >= 0.6 is 11.8 Å². The molecule has 0 spiro atoms. The van der Waals surface area contributed by atoms with E-state index in [1.165, 1.54) is 10.5 Å². The number of carboxylic acid groups (broad SMARTS) is 1. The molecule has 2 heterocycles. The molecule has 1 aliphatic heterocycles. The third kappa shape index (κ3) is 2.78. The van der Waals surface area contributed by atoms with E-state index in [1.54, 1.807) is 11.6 Å². The Morgan fingerprint density at radius 2 is 2.33 bits per heavy atom. The molecule has 0 aliphatic carbocycles. The highest BCUT2D eigenvalue weighted by molar-refractivity contribution is 7.99. The Labute approximate surface area is 126 Å². The lowest BCUT2D eigenvalue weighted by Gasteiger charge is -2.12. The van der Waals surface area contributed by atoms with Crippen molar-refractivity contribution in [3.63, 3.8) is 0 Å². The number of rotatable bonds is 5. The molecule has 3 rings (SSSR count). The number of tetrazole rings is 1. The average molecular weight is 304 g/mol. The van der Waals surface area contributed by atoms with Gasteiger partial charge in [0.25, 0.3) is 0 Å². The lowest BCUT2D eigenvalue weighted by molar-refractivity contribution is -0.141. The number of benzene rings is 1. The van der Waals surface area contributed by atoms with Crippen molar-refractivity contribution in [1.82, 2.24) is 20.2 Å². The number of thioether (sulfide) groups is 1. The first-order valence-electron chi connectivity index (χ1n) is 6.87. The summed E-state index contributed by atoms with van der Waals surface area (Å²) in [5, 5.41) is 20.9. The Hall–Kier alpha value is -1.89. The number of aliphatic carboxylic acids is 1. The van der Waals surface area contributed by atoms with Crippen LogP contribution in [0, 0.1) is 5.92 Å². The summed E-state index contributed by atoms with van der Waals surface area (Å²) < 4.78 is 1.74. The van der Waals surface area contributed by atoms with Crippen LogP contribution in [0.4, 0.5) is 0 Å². The fourth-order valence-electron chi connectivity index (χ4n) is 2.44. The van der Waals surface area contributed by atoms with Gasteiger partial charge in [-0.2, -0.15) is 0 Å². The molecule has 0 radical (unpaired) electrons. The summed E-state index contributed by atoms with van der Waals surface area (Å²) in [5.74, 6) is 0.749. The second kappa shape index (κ2) is 5.85. The van der Waals surface area contributed by atoms with Gasteiger partial charge in [-0.15, -0.1) is 16.9 Å². The van der Waals surface area contributed by atoms with Crippen molar-refractivity contribution in [2.45, 2.75) is 30.7 Å². The Morgan fingerprint density at radius 3 is 3.14 bits per heavy atom. The quantitative estimate of drug-likeness (QED) is 0.910. The third-order valence-corrected chi connectivity index (χ3v) is 4.95. The van der Waals surface area contributed by atoms with Gasteiger partial charge in [-0.1, -0.05) is 25.1 Å². The predicted octanol–water partition coefficient (Wildman–Crippen LogP) is 2.02. The van der Waals surface area contributed by atoms with E-state index in [0.29, 0.717) is 13.0 Å². The van der Waals surface area contributed by atoms with Gasteiger partial charge in [0.15, 0.2) is 5.82 Å². The van der Waals surface area contributed by atoms with Crippen LogP contribution in [-0.4, -0.2) is 37.0 Å². The molecule has 6 nitrogen and oxygen atoms in total. The van der Waals surface area contributed by atoms with Gasteiger partial charge in [-0.25, -0.2) is 4.68 Å². The van der Waals surface area contributed by atoms with E-state index in [2.05, 4.69) is 27.7 Å². The van der Waals surface area contributed by atoms with Crippen molar-refractivity contribution in [3.8, 4) is 0 Å². The van der Waals surface area contributed by atoms with Crippen LogP contribution in [0.3, 0.4) is 0 Å². The van der Waals surface area contributed by atoms with Crippen molar-refractivity contribution >= 4 is 17.7 Å². The van der Waals surface area contributed by atoms with Gasteiger partial charge < -0.3 is 5.11 Å². The number of fused-ring (bicyclic) bond motifs is 1. The number of carbonyl (C=O) groups is 1. The summed E-state index contributed by atoms with van der Waals surface area (Å²) in [6.45, 7) is 2.23. The largest absolute Gasteiger partial charge is 0.481 e. The van der Waals surface area contributed by atoms with E-state index in [9.17, 15) is 4.79 Å². The summed E-state index contributed by atoms with van der Waals surface area (Å²) >= 11 is 1.81. The number of aromatic nitrogens is 4. The van der Waals surface area contributed by atoms with Crippen LogP contribution in [0.5, 0.6) is 0 Å². The van der Waals surface area contributed by atoms with Gasteiger partial charge >= 0.3 is 5.97 Å². The lowest BCUT2D eigenvalue weighted by Crippen LogP contribution is -2.16. The van der Waals surface area contributed by atoms with Crippen LogP contribution in [0.1, 0.15) is 30.7 Å². The fraction of sp³-hybridized carbons (Fsp3) is 0.429. The maximum atomic E-state index is 10.9. The van der Waals surface area contributed by atoms with Gasteiger partial charge in [0.05, 0.1) is 11.8 Å².